The Bertz CT molecular complexity index is 236. The molecule has 0 aromatic rings. The molecule has 1 saturated heterocycles. The monoisotopic (exact) mass is 242 g/mol. The van der Waals surface area contributed by atoms with Crippen LogP contribution >= 0.6 is 0 Å². The third kappa shape index (κ3) is 3.96. The second-order valence-corrected chi connectivity index (χ2v) is 5.12. The van der Waals surface area contributed by atoms with E-state index in [-0.39, 0.29) is 11.9 Å². The molecule has 4 heteroatoms. The first-order valence-corrected chi connectivity index (χ1v) is 6.64. The first-order chi connectivity index (χ1) is 8.07. The average molecular weight is 242 g/mol. The van der Waals surface area contributed by atoms with Crippen molar-refractivity contribution in [2.24, 2.45) is 5.73 Å². The van der Waals surface area contributed by atoms with Crippen molar-refractivity contribution in [1.29, 1.82) is 0 Å². The molecule has 0 aliphatic carbocycles. The first-order valence-electron chi connectivity index (χ1n) is 6.64. The molecule has 100 valence electrons. The van der Waals surface area contributed by atoms with Gasteiger partial charge in [0.05, 0.1) is 6.04 Å². The summed E-state index contributed by atoms with van der Waals surface area (Å²) in [4.78, 5) is 14.3. The summed E-state index contributed by atoms with van der Waals surface area (Å²) in [5, 5.41) is 0. The fourth-order valence-electron chi connectivity index (χ4n) is 2.62. The third-order valence-electron chi connectivity index (χ3n) is 3.63. The molecule has 4 nitrogen and oxygen atoms in total. The van der Waals surface area contributed by atoms with Gasteiger partial charge in [-0.3, -0.25) is 4.79 Å². The molecular formula is C13H26N2O2. The number of ether oxygens (including phenoxy) is 1. The van der Waals surface area contributed by atoms with Gasteiger partial charge in [0.1, 0.15) is 0 Å². The number of piperidine rings is 1. The summed E-state index contributed by atoms with van der Waals surface area (Å²) in [6.45, 7) is 4.91. The molecule has 1 rings (SSSR count). The number of nitrogens with two attached hydrogens (primary N) is 1. The number of carbonyl (C=O) groups excluding carboxylic acids is 1. The van der Waals surface area contributed by atoms with Gasteiger partial charge in [-0.05, 0) is 46.0 Å². The van der Waals surface area contributed by atoms with Crippen LogP contribution in [0.25, 0.3) is 0 Å². The average Bonchev–Trinajstić information content (AvgIpc) is 2.28. The number of carbonyl (C=O) groups is 1. The SMILES string of the molecule is COCCCC(N)C(=O)N1C(C)CCCC1C. The Kier molecular flexibility index (Phi) is 5.92. The second kappa shape index (κ2) is 6.97. The zero-order chi connectivity index (χ0) is 12.8. The molecule has 0 aromatic carbocycles. The van der Waals surface area contributed by atoms with Gasteiger partial charge in [-0.1, -0.05) is 0 Å². The molecule has 2 N–H and O–H groups in total. The first kappa shape index (κ1) is 14.5. The highest BCUT2D eigenvalue weighted by molar-refractivity contribution is 5.82. The Morgan fingerprint density at radius 1 is 1.41 bits per heavy atom. The standard InChI is InChI=1S/C13H26N2O2/c1-10-6-4-7-11(2)15(10)13(16)12(14)8-5-9-17-3/h10-12H,4-9,14H2,1-3H3. The van der Waals surface area contributed by atoms with E-state index in [1.807, 2.05) is 4.90 Å². The minimum absolute atomic E-state index is 0.112. The topological polar surface area (TPSA) is 55.6 Å². The van der Waals surface area contributed by atoms with Gasteiger partial charge in [0.15, 0.2) is 0 Å². The molecule has 0 spiro atoms. The molecule has 1 amide bonds. The normalized spacial score (nSPS) is 26.9. The lowest BCUT2D eigenvalue weighted by Crippen LogP contribution is -2.53. The van der Waals surface area contributed by atoms with Gasteiger partial charge >= 0.3 is 0 Å². The maximum atomic E-state index is 12.3. The zero-order valence-corrected chi connectivity index (χ0v) is 11.3. The van der Waals surface area contributed by atoms with Crippen molar-refractivity contribution in [2.45, 2.75) is 64.1 Å². The van der Waals surface area contributed by atoms with Crippen LogP contribution < -0.4 is 5.73 Å². The largest absolute Gasteiger partial charge is 0.385 e. The summed E-state index contributed by atoms with van der Waals surface area (Å²) >= 11 is 0. The van der Waals surface area contributed by atoms with Gasteiger partial charge in [0.25, 0.3) is 0 Å². The molecule has 0 bridgehead atoms. The molecule has 0 radical (unpaired) electrons. The summed E-state index contributed by atoms with van der Waals surface area (Å²) in [5.74, 6) is 0.112. The van der Waals surface area contributed by atoms with Crippen molar-refractivity contribution < 1.29 is 9.53 Å². The van der Waals surface area contributed by atoms with Crippen molar-refractivity contribution in [3.8, 4) is 0 Å². The van der Waals surface area contributed by atoms with E-state index in [1.54, 1.807) is 7.11 Å². The molecule has 1 fully saturated rings. The summed E-state index contributed by atoms with van der Waals surface area (Å²) < 4.78 is 4.98. The fraction of sp³-hybridized carbons (Fsp3) is 0.923. The smallest absolute Gasteiger partial charge is 0.239 e. The van der Waals surface area contributed by atoms with Gasteiger partial charge in [-0.15, -0.1) is 0 Å². The lowest BCUT2D eigenvalue weighted by Gasteiger charge is -2.40. The van der Waals surface area contributed by atoms with E-state index in [1.165, 1.54) is 6.42 Å². The minimum Gasteiger partial charge on any atom is -0.385 e. The van der Waals surface area contributed by atoms with Crippen LogP contribution in [0.5, 0.6) is 0 Å². The van der Waals surface area contributed by atoms with Crippen molar-refractivity contribution >= 4 is 5.91 Å². The Morgan fingerprint density at radius 2 is 2.00 bits per heavy atom. The number of hydrogen-bond acceptors (Lipinski definition) is 3. The number of rotatable bonds is 5. The highest BCUT2D eigenvalue weighted by Gasteiger charge is 2.31. The van der Waals surface area contributed by atoms with Crippen LogP contribution in [0.3, 0.4) is 0 Å². The number of nitrogens with zero attached hydrogens (tertiary/aromatic N) is 1. The molecule has 3 atom stereocenters. The summed E-state index contributed by atoms with van der Waals surface area (Å²) in [5.41, 5.74) is 5.97. The van der Waals surface area contributed by atoms with Crippen LogP contribution in [-0.4, -0.2) is 42.6 Å². The molecule has 3 unspecified atom stereocenters. The Morgan fingerprint density at radius 3 is 2.53 bits per heavy atom. The number of methoxy groups -OCH3 is 1. The zero-order valence-electron chi connectivity index (χ0n) is 11.3. The number of amides is 1. The van der Waals surface area contributed by atoms with E-state index in [0.29, 0.717) is 25.1 Å². The Balaban J connectivity index is 2.48. The van der Waals surface area contributed by atoms with Crippen LogP contribution in [-0.2, 0) is 9.53 Å². The lowest BCUT2D eigenvalue weighted by atomic mass is 9.96. The predicted octanol–water partition coefficient (Wildman–Crippen LogP) is 1.53. The molecule has 17 heavy (non-hydrogen) atoms. The molecule has 1 aliphatic rings. The second-order valence-electron chi connectivity index (χ2n) is 5.12. The Labute approximate surface area is 104 Å². The van der Waals surface area contributed by atoms with Gasteiger partial charge in [-0.25, -0.2) is 0 Å². The van der Waals surface area contributed by atoms with Crippen molar-refractivity contribution in [1.82, 2.24) is 4.90 Å². The number of hydrogen-bond donors (Lipinski definition) is 1. The van der Waals surface area contributed by atoms with Gasteiger partial charge < -0.3 is 15.4 Å². The molecular weight excluding hydrogens is 216 g/mol. The highest BCUT2D eigenvalue weighted by atomic mass is 16.5. The van der Waals surface area contributed by atoms with E-state index in [4.69, 9.17) is 10.5 Å². The molecule has 0 saturated carbocycles. The van der Waals surface area contributed by atoms with E-state index in [0.717, 1.165) is 19.3 Å². The number of likely N-dealkylation sites (tertiary alicyclic amines) is 1. The van der Waals surface area contributed by atoms with Crippen LogP contribution in [0.4, 0.5) is 0 Å². The van der Waals surface area contributed by atoms with Crippen LogP contribution in [0, 0.1) is 0 Å². The van der Waals surface area contributed by atoms with Crippen molar-refractivity contribution in [3.63, 3.8) is 0 Å². The van der Waals surface area contributed by atoms with Gasteiger partial charge in [0.2, 0.25) is 5.91 Å². The lowest BCUT2D eigenvalue weighted by molar-refractivity contribution is -0.138. The van der Waals surface area contributed by atoms with Gasteiger partial charge in [0, 0.05) is 25.8 Å². The summed E-state index contributed by atoms with van der Waals surface area (Å²) in [6.07, 6.45) is 4.97. The minimum atomic E-state index is -0.367. The Hall–Kier alpha value is -0.610. The highest BCUT2D eigenvalue weighted by Crippen LogP contribution is 2.23. The summed E-state index contributed by atoms with van der Waals surface area (Å²) in [6, 6.07) is 0.299. The van der Waals surface area contributed by atoms with E-state index in [9.17, 15) is 4.79 Å². The maximum Gasteiger partial charge on any atom is 0.239 e. The summed E-state index contributed by atoms with van der Waals surface area (Å²) in [7, 11) is 1.67. The van der Waals surface area contributed by atoms with E-state index < -0.39 is 0 Å². The fourth-order valence-corrected chi connectivity index (χ4v) is 2.62. The van der Waals surface area contributed by atoms with E-state index >= 15 is 0 Å². The molecule has 0 aromatic heterocycles. The van der Waals surface area contributed by atoms with Crippen LogP contribution in [0.1, 0.15) is 46.0 Å². The van der Waals surface area contributed by atoms with E-state index in [2.05, 4.69) is 13.8 Å². The van der Waals surface area contributed by atoms with Crippen molar-refractivity contribution in [3.05, 3.63) is 0 Å². The van der Waals surface area contributed by atoms with Crippen LogP contribution in [0.2, 0.25) is 0 Å². The third-order valence-corrected chi connectivity index (χ3v) is 3.63. The van der Waals surface area contributed by atoms with Gasteiger partial charge in [-0.2, -0.15) is 0 Å². The molecule has 1 aliphatic heterocycles. The van der Waals surface area contributed by atoms with Crippen LogP contribution in [0.15, 0.2) is 0 Å². The van der Waals surface area contributed by atoms with Crippen molar-refractivity contribution in [2.75, 3.05) is 13.7 Å². The molecule has 1 heterocycles. The maximum absolute atomic E-state index is 12.3. The predicted molar refractivity (Wildman–Crippen MR) is 68.7 cm³/mol. The quantitative estimate of drug-likeness (QED) is 0.744.